The highest BCUT2D eigenvalue weighted by atomic mass is 16.1. The number of rotatable bonds is 1. The lowest BCUT2D eigenvalue weighted by atomic mass is 10.7. The first-order valence-electron chi connectivity index (χ1n) is 2.85. The Balaban J connectivity index is 3.15. The molecule has 1 aromatic rings. The van der Waals surface area contributed by atoms with Crippen LogP contribution in [-0.2, 0) is 0 Å². The number of hydrogen-bond acceptors (Lipinski definition) is 3. The second-order valence-corrected chi connectivity index (χ2v) is 1.81. The van der Waals surface area contributed by atoms with Crippen LogP contribution < -0.4 is 0 Å². The van der Waals surface area contributed by atoms with Crippen LogP contribution in [0.1, 0.15) is 11.7 Å². The second-order valence-electron chi connectivity index (χ2n) is 1.81. The minimum Gasteiger partial charge on any atom is -0.274 e. The fourth-order valence-electron chi connectivity index (χ4n) is 0.655. The molecule has 0 atom stereocenters. The van der Waals surface area contributed by atoms with Crippen molar-refractivity contribution in [2.45, 2.75) is 6.92 Å². The highest BCUT2D eigenvalue weighted by Gasteiger charge is 2.02. The fourth-order valence-corrected chi connectivity index (χ4v) is 0.655. The summed E-state index contributed by atoms with van der Waals surface area (Å²) < 4.78 is 1.17. The van der Waals surface area contributed by atoms with Crippen molar-refractivity contribution in [2.75, 3.05) is 0 Å². The molecular weight excluding hydrogens is 146 g/mol. The molecule has 0 N–H and O–H groups in total. The zero-order chi connectivity index (χ0) is 8.27. The summed E-state index contributed by atoms with van der Waals surface area (Å²) in [7, 11) is 0. The van der Waals surface area contributed by atoms with Crippen LogP contribution in [-0.4, -0.2) is 15.5 Å². The van der Waals surface area contributed by atoms with Gasteiger partial charge in [0.25, 0.3) is 0 Å². The SMILES string of the molecule is CC(=O)n1ccnc1N=[N+]=[N-]. The Hall–Kier alpha value is -1.81. The monoisotopic (exact) mass is 151 g/mol. The molecule has 0 radical (unpaired) electrons. The number of carbonyl (C=O) groups is 1. The van der Waals surface area contributed by atoms with E-state index in [4.69, 9.17) is 5.53 Å². The minimum atomic E-state index is -0.232. The maximum Gasteiger partial charge on any atom is 0.229 e. The molecule has 56 valence electrons. The summed E-state index contributed by atoms with van der Waals surface area (Å²) in [5.74, 6) is -0.162. The molecule has 0 fully saturated rings. The molecule has 1 rings (SSSR count). The van der Waals surface area contributed by atoms with Crippen molar-refractivity contribution in [3.8, 4) is 0 Å². The summed E-state index contributed by atoms with van der Waals surface area (Å²) in [6.45, 7) is 1.36. The summed E-state index contributed by atoms with van der Waals surface area (Å²) in [5.41, 5.74) is 8.04. The van der Waals surface area contributed by atoms with E-state index in [9.17, 15) is 4.79 Å². The maximum atomic E-state index is 10.7. The predicted octanol–water partition coefficient (Wildman–Crippen LogP) is 1.48. The Bertz CT molecular complexity index is 305. The van der Waals surface area contributed by atoms with E-state index in [1.54, 1.807) is 0 Å². The molecule has 0 amide bonds. The van der Waals surface area contributed by atoms with Gasteiger partial charge < -0.3 is 0 Å². The normalized spacial score (nSPS) is 8.82. The number of nitrogens with zero attached hydrogens (tertiary/aromatic N) is 5. The summed E-state index contributed by atoms with van der Waals surface area (Å²) in [6.07, 6.45) is 2.83. The van der Waals surface area contributed by atoms with E-state index in [0.717, 1.165) is 0 Å². The Labute approximate surface area is 62.1 Å². The molecule has 11 heavy (non-hydrogen) atoms. The van der Waals surface area contributed by atoms with Crippen LogP contribution in [0.2, 0.25) is 0 Å². The van der Waals surface area contributed by atoms with Crippen molar-refractivity contribution in [1.82, 2.24) is 9.55 Å². The smallest absolute Gasteiger partial charge is 0.229 e. The molecule has 0 spiro atoms. The van der Waals surface area contributed by atoms with Gasteiger partial charge in [-0.2, -0.15) is 0 Å². The number of hydrogen-bond donors (Lipinski definition) is 0. The molecule has 0 saturated carbocycles. The van der Waals surface area contributed by atoms with Crippen molar-refractivity contribution in [3.05, 3.63) is 22.8 Å². The molecule has 1 aromatic heterocycles. The fraction of sp³-hybridized carbons (Fsp3) is 0.200. The topological polar surface area (TPSA) is 83.7 Å². The summed E-state index contributed by atoms with van der Waals surface area (Å²) in [4.78, 5) is 16.9. The van der Waals surface area contributed by atoms with E-state index < -0.39 is 0 Å². The van der Waals surface area contributed by atoms with Crippen molar-refractivity contribution < 1.29 is 4.79 Å². The Morgan fingerprint density at radius 3 is 3.18 bits per heavy atom. The van der Waals surface area contributed by atoms with Crippen molar-refractivity contribution >= 4 is 11.9 Å². The minimum absolute atomic E-state index is 0.0694. The number of carbonyl (C=O) groups excluding carboxylic acids is 1. The van der Waals surface area contributed by atoms with E-state index in [2.05, 4.69) is 15.0 Å². The molecule has 6 heteroatoms. The molecular formula is C5H5N5O. The van der Waals surface area contributed by atoms with Gasteiger partial charge in [-0.25, -0.2) is 4.98 Å². The quantitative estimate of drug-likeness (QED) is 0.346. The van der Waals surface area contributed by atoms with Gasteiger partial charge in [0.15, 0.2) is 0 Å². The maximum absolute atomic E-state index is 10.7. The van der Waals surface area contributed by atoms with E-state index >= 15 is 0 Å². The van der Waals surface area contributed by atoms with E-state index in [1.807, 2.05) is 0 Å². The number of aromatic nitrogens is 2. The van der Waals surface area contributed by atoms with Gasteiger partial charge in [-0.1, -0.05) is 0 Å². The largest absolute Gasteiger partial charge is 0.274 e. The van der Waals surface area contributed by atoms with Gasteiger partial charge in [0.2, 0.25) is 11.9 Å². The summed E-state index contributed by atoms with van der Waals surface area (Å²) in [6, 6.07) is 0. The van der Waals surface area contributed by atoms with Gasteiger partial charge >= 0.3 is 0 Å². The first kappa shape index (κ1) is 7.30. The molecule has 0 aliphatic rings. The Kier molecular flexibility index (Phi) is 1.89. The lowest BCUT2D eigenvalue weighted by Crippen LogP contribution is -2.02. The van der Waals surface area contributed by atoms with E-state index in [1.165, 1.54) is 23.9 Å². The Morgan fingerprint density at radius 2 is 2.64 bits per heavy atom. The summed E-state index contributed by atoms with van der Waals surface area (Å²) in [5, 5.41) is 3.20. The lowest BCUT2D eigenvalue weighted by molar-refractivity contribution is 0.0938. The molecule has 0 bridgehead atoms. The molecule has 0 saturated heterocycles. The number of imidazole rings is 1. The summed E-state index contributed by atoms with van der Waals surface area (Å²) >= 11 is 0. The first-order valence-corrected chi connectivity index (χ1v) is 2.85. The second kappa shape index (κ2) is 2.85. The molecule has 0 aliphatic carbocycles. The van der Waals surface area contributed by atoms with Crippen molar-refractivity contribution in [3.63, 3.8) is 0 Å². The van der Waals surface area contributed by atoms with Crippen LogP contribution in [0.5, 0.6) is 0 Å². The molecule has 0 aliphatic heterocycles. The average molecular weight is 151 g/mol. The van der Waals surface area contributed by atoms with Crippen LogP contribution >= 0.6 is 0 Å². The van der Waals surface area contributed by atoms with Crippen LogP contribution in [0.4, 0.5) is 5.95 Å². The highest BCUT2D eigenvalue weighted by molar-refractivity contribution is 5.78. The van der Waals surface area contributed by atoms with Crippen LogP contribution in [0.15, 0.2) is 17.5 Å². The third kappa shape index (κ3) is 1.36. The van der Waals surface area contributed by atoms with Crippen molar-refractivity contribution in [1.29, 1.82) is 0 Å². The predicted molar refractivity (Wildman–Crippen MR) is 37.3 cm³/mol. The first-order chi connectivity index (χ1) is 5.25. The zero-order valence-corrected chi connectivity index (χ0v) is 5.80. The molecule has 0 aromatic carbocycles. The third-order valence-electron chi connectivity index (χ3n) is 1.09. The molecule has 0 unspecified atom stereocenters. The third-order valence-corrected chi connectivity index (χ3v) is 1.09. The van der Waals surface area contributed by atoms with Crippen LogP contribution in [0.3, 0.4) is 0 Å². The van der Waals surface area contributed by atoms with Crippen LogP contribution in [0.25, 0.3) is 10.4 Å². The molecule has 1 heterocycles. The number of azide groups is 1. The highest BCUT2D eigenvalue weighted by Crippen LogP contribution is 2.07. The van der Waals surface area contributed by atoms with Gasteiger partial charge in [0, 0.05) is 24.2 Å². The van der Waals surface area contributed by atoms with Crippen molar-refractivity contribution in [2.24, 2.45) is 5.11 Å². The molecule has 6 nitrogen and oxygen atoms in total. The lowest BCUT2D eigenvalue weighted by Gasteiger charge is -1.94. The zero-order valence-electron chi connectivity index (χ0n) is 5.80. The van der Waals surface area contributed by atoms with Gasteiger partial charge in [0.1, 0.15) is 0 Å². The Morgan fingerprint density at radius 1 is 1.91 bits per heavy atom. The van der Waals surface area contributed by atoms with Gasteiger partial charge in [-0.05, 0) is 10.6 Å². The van der Waals surface area contributed by atoms with E-state index in [-0.39, 0.29) is 11.9 Å². The van der Waals surface area contributed by atoms with Gasteiger partial charge in [-0.3, -0.25) is 9.36 Å². The van der Waals surface area contributed by atoms with Gasteiger partial charge in [0.05, 0.1) is 0 Å². The van der Waals surface area contributed by atoms with Crippen LogP contribution in [0, 0.1) is 0 Å². The standard InChI is InChI=1S/C5H5N5O/c1-4(11)10-3-2-7-5(10)8-9-6/h2-3H,1H3. The average Bonchev–Trinajstić information content (AvgIpc) is 2.36. The van der Waals surface area contributed by atoms with E-state index in [0.29, 0.717) is 0 Å². The van der Waals surface area contributed by atoms with Gasteiger partial charge in [-0.15, -0.1) is 0 Å².